The summed E-state index contributed by atoms with van der Waals surface area (Å²) in [5, 5.41) is 27.8. The minimum Gasteiger partial charge on any atom is -0.505 e. The largest absolute Gasteiger partial charge is 0.505 e. The minimum atomic E-state index is -1.05. The van der Waals surface area contributed by atoms with E-state index >= 15 is 0 Å². The number of aromatic hydroxyl groups is 1. The van der Waals surface area contributed by atoms with Crippen LogP contribution in [0.2, 0.25) is 0 Å². The number of aromatic carboxylic acids is 1. The van der Waals surface area contributed by atoms with E-state index in [4.69, 9.17) is 0 Å². The van der Waals surface area contributed by atoms with Crippen molar-refractivity contribution in [2.24, 2.45) is 5.10 Å². The Hall–Kier alpha value is -4.91. The van der Waals surface area contributed by atoms with Gasteiger partial charge in [0.2, 0.25) is 0 Å². The maximum absolute atomic E-state index is 13.2. The number of amides is 1. The maximum atomic E-state index is 13.2. The predicted molar refractivity (Wildman–Crippen MR) is 155 cm³/mol. The van der Waals surface area contributed by atoms with Crippen molar-refractivity contribution in [3.8, 4) is 28.0 Å². The highest BCUT2D eigenvalue weighted by Gasteiger charge is 2.32. The molecule has 39 heavy (non-hydrogen) atoms. The van der Waals surface area contributed by atoms with Gasteiger partial charge in [-0.15, -0.1) is 0 Å². The number of hydrogen-bond acceptors (Lipinski definition) is 5. The van der Waals surface area contributed by atoms with Gasteiger partial charge in [0.05, 0.1) is 16.9 Å². The molecule has 0 fully saturated rings. The van der Waals surface area contributed by atoms with Gasteiger partial charge in [0.25, 0.3) is 5.91 Å². The van der Waals surface area contributed by atoms with E-state index in [2.05, 4.69) is 61.7 Å². The van der Waals surface area contributed by atoms with Crippen molar-refractivity contribution < 1.29 is 19.8 Å². The Kier molecular flexibility index (Phi) is 6.66. The van der Waals surface area contributed by atoms with Crippen LogP contribution in [0.5, 0.6) is 5.75 Å². The molecule has 0 saturated heterocycles. The van der Waals surface area contributed by atoms with Crippen molar-refractivity contribution in [2.45, 2.75) is 33.6 Å². The van der Waals surface area contributed by atoms with Gasteiger partial charge >= 0.3 is 5.97 Å². The number of hydrogen-bond donors (Lipinski definition) is 4. The molecule has 0 radical (unpaired) electrons. The van der Waals surface area contributed by atoms with E-state index in [1.165, 1.54) is 23.3 Å². The lowest BCUT2D eigenvalue weighted by molar-refractivity contribution is -0.110. The van der Waals surface area contributed by atoms with Crippen molar-refractivity contribution in [1.29, 1.82) is 0 Å². The number of aryl methyl sites for hydroxylation is 2. The number of phenolic OH excluding ortho intramolecular Hbond substituents is 1. The lowest BCUT2D eigenvalue weighted by Crippen LogP contribution is -2.17. The van der Waals surface area contributed by atoms with Crippen LogP contribution in [0.4, 0.5) is 11.4 Å². The third-order valence-electron chi connectivity index (χ3n) is 7.11. The second-order valence-electron chi connectivity index (χ2n) is 10.0. The fraction of sp³-hybridized carbons (Fsp3) is 0.156. The third-order valence-corrected chi connectivity index (χ3v) is 7.11. The number of nitrogens with zero attached hydrogens (tertiary/aromatic N) is 1. The van der Waals surface area contributed by atoms with Crippen LogP contribution in [0.3, 0.4) is 0 Å². The number of hydrazone groups is 1. The van der Waals surface area contributed by atoms with Gasteiger partial charge in [0.15, 0.2) is 5.71 Å². The number of carboxylic acid groups (broad SMARTS) is 1. The fourth-order valence-corrected chi connectivity index (χ4v) is 4.83. The number of phenols is 1. The Morgan fingerprint density at radius 2 is 1.64 bits per heavy atom. The number of carbonyl (C=O) groups excluding carboxylic acids is 1. The van der Waals surface area contributed by atoms with Gasteiger partial charge in [-0.2, -0.15) is 5.10 Å². The summed E-state index contributed by atoms with van der Waals surface area (Å²) in [6.07, 6.45) is 0. The van der Waals surface area contributed by atoms with Gasteiger partial charge in [0.1, 0.15) is 5.75 Å². The summed E-state index contributed by atoms with van der Waals surface area (Å²) in [6, 6.07) is 21.7. The van der Waals surface area contributed by atoms with Gasteiger partial charge in [0, 0.05) is 16.7 Å². The van der Waals surface area contributed by atoms with Gasteiger partial charge in [-0.3, -0.25) is 10.2 Å². The topological polar surface area (TPSA) is 111 Å². The van der Waals surface area contributed by atoms with Crippen molar-refractivity contribution in [1.82, 2.24) is 0 Å². The molecule has 196 valence electrons. The highest BCUT2D eigenvalue weighted by molar-refractivity contribution is 6.54. The molecule has 1 amide bonds. The first-order valence-electron chi connectivity index (χ1n) is 12.7. The lowest BCUT2D eigenvalue weighted by Gasteiger charge is -2.16. The summed E-state index contributed by atoms with van der Waals surface area (Å²) in [5.41, 5.74) is 11.2. The standard InChI is InChI=1S/C32H29N3O4/c1-17(2)23-13-14-24(21-12-11-18(3)19(4)15-21)28-27(23)29(31(37)33-28)35-34-26-10-6-9-25(30(26)36)20-7-5-8-22(16-20)32(38)39/h5-17,34,36H,1-4H3,(H,38,39)(H,33,35,37). The zero-order chi connectivity index (χ0) is 27.8. The second-order valence-corrected chi connectivity index (χ2v) is 10.0. The first kappa shape index (κ1) is 25.7. The number of anilines is 2. The summed E-state index contributed by atoms with van der Waals surface area (Å²) in [4.78, 5) is 24.6. The summed E-state index contributed by atoms with van der Waals surface area (Å²) >= 11 is 0. The molecule has 0 spiro atoms. The molecule has 0 aliphatic carbocycles. The number of carboxylic acids is 1. The molecule has 0 saturated carbocycles. The van der Waals surface area contributed by atoms with E-state index in [9.17, 15) is 19.8 Å². The van der Waals surface area contributed by atoms with Gasteiger partial charge in [-0.1, -0.05) is 68.4 Å². The highest BCUT2D eigenvalue weighted by atomic mass is 16.4. The first-order chi connectivity index (χ1) is 18.7. The maximum Gasteiger partial charge on any atom is 0.335 e. The molecular weight excluding hydrogens is 490 g/mol. The van der Waals surface area contributed by atoms with Gasteiger partial charge < -0.3 is 15.5 Å². The molecule has 4 aromatic rings. The Bertz CT molecular complexity index is 1670. The van der Waals surface area contributed by atoms with Crippen LogP contribution in [-0.4, -0.2) is 27.8 Å². The van der Waals surface area contributed by atoms with E-state index in [-0.39, 0.29) is 28.8 Å². The normalized spacial score (nSPS) is 13.5. The first-order valence-corrected chi connectivity index (χ1v) is 12.7. The Labute approximate surface area is 226 Å². The molecule has 7 nitrogen and oxygen atoms in total. The van der Waals surface area contributed by atoms with Crippen LogP contribution >= 0.6 is 0 Å². The Morgan fingerprint density at radius 1 is 0.897 bits per heavy atom. The summed E-state index contributed by atoms with van der Waals surface area (Å²) < 4.78 is 0. The van der Waals surface area contributed by atoms with Crippen LogP contribution in [0, 0.1) is 13.8 Å². The third kappa shape index (κ3) is 4.75. The summed E-state index contributed by atoms with van der Waals surface area (Å²) in [7, 11) is 0. The molecule has 0 bridgehead atoms. The number of rotatable bonds is 6. The molecule has 1 heterocycles. The van der Waals surface area contributed by atoms with E-state index in [1.807, 2.05) is 12.1 Å². The predicted octanol–water partition coefficient (Wildman–Crippen LogP) is 6.93. The van der Waals surface area contributed by atoms with Gasteiger partial charge in [-0.05, 0) is 65.8 Å². The zero-order valence-corrected chi connectivity index (χ0v) is 22.2. The molecule has 0 unspecified atom stereocenters. The quantitative estimate of drug-likeness (QED) is 0.163. The van der Waals surface area contributed by atoms with Crippen molar-refractivity contribution in [2.75, 3.05) is 10.7 Å². The summed E-state index contributed by atoms with van der Waals surface area (Å²) in [5.74, 6) is -1.34. The number of benzene rings is 4. The monoisotopic (exact) mass is 519 g/mol. The lowest BCUT2D eigenvalue weighted by atomic mass is 9.90. The highest BCUT2D eigenvalue weighted by Crippen LogP contribution is 2.41. The second kappa shape index (κ2) is 10.1. The number of carbonyl (C=O) groups is 2. The van der Waals surface area contributed by atoms with E-state index in [0.717, 1.165) is 27.9 Å². The molecule has 0 atom stereocenters. The fourth-order valence-electron chi connectivity index (χ4n) is 4.83. The number of nitrogens with one attached hydrogen (secondary N) is 2. The van der Waals surface area contributed by atoms with Crippen molar-refractivity contribution in [3.05, 3.63) is 101 Å². The average Bonchev–Trinajstić information content (AvgIpc) is 3.24. The Balaban J connectivity index is 1.57. The number of fused-ring (bicyclic) bond motifs is 1. The molecule has 1 aliphatic heterocycles. The van der Waals surface area contributed by atoms with Crippen LogP contribution in [0.1, 0.15) is 52.4 Å². The van der Waals surface area contributed by atoms with Crippen LogP contribution in [0.15, 0.2) is 77.9 Å². The van der Waals surface area contributed by atoms with Crippen LogP contribution in [0.25, 0.3) is 22.3 Å². The summed E-state index contributed by atoms with van der Waals surface area (Å²) in [6.45, 7) is 8.27. The molecule has 4 N–H and O–H groups in total. The van der Waals surface area contributed by atoms with Crippen LogP contribution in [-0.2, 0) is 4.79 Å². The Morgan fingerprint density at radius 3 is 2.36 bits per heavy atom. The van der Waals surface area contributed by atoms with E-state index in [0.29, 0.717) is 16.8 Å². The molecule has 1 aliphatic rings. The smallest absolute Gasteiger partial charge is 0.335 e. The van der Waals surface area contributed by atoms with E-state index in [1.54, 1.807) is 30.3 Å². The van der Waals surface area contributed by atoms with Crippen molar-refractivity contribution >= 4 is 29.0 Å². The van der Waals surface area contributed by atoms with Crippen molar-refractivity contribution in [3.63, 3.8) is 0 Å². The molecule has 7 heteroatoms. The minimum absolute atomic E-state index is 0.101. The van der Waals surface area contributed by atoms with E-state index < -0.39 is 5.97 Å². The molecule has 5 rings (SSSR count). The number of para-hydroxylation sites is 1. The molecule has 4 aromatic carbocycles. The van der Waals surface area contributed by atoms with Gasteiger partial charge in [-0.25, -0.2) is 4.79 Å². The van der Waals surface area contributed by atoms with Crippen LogP contribution < -0.4 is 10.7 Å². The average molecular weight is 520 g/mol. The molecular formula is C32H29N3O4. The zero-order valence-electron chi connectivity index (χ0n) is 22.2. The molecule has 0 aromatic heterocycles. The SMILES string of the molecule is Cc1ccc(-c2ccc(C(C)C)c3c2NC(=O)C3=NNc2cccc(-c3cccc(C(=O)O)c3)c2O)cc1C.